The highest BCUT2D eigenvalue weighted by atomic mass is 16.5. The Hall–Kier alpha value is -2.93. The first-order valence-corrected chi connectivity index (χ1v) is 9.61. The van der Waals surface area contributed by atoms with Crippen molar-refractivity contribution in [1.82, 2.24) is 14.8 Å². The zero-order valence-corrected chi connectivity index (χ0v) is 17.5. The van der Waals surface area contributed by atoms with E-state index in [0.29, 0.717) is 17.7 Å². The lowest BCUT2D eigenvalue weighted by atomic mass is 9.92. The van der Waals surface area contributed by atoms with E-state index in [2.05, 4.69) is 5.32 Å². The van der Waals surface area contributed by atoms with E-state index in [1.807, 2.05) is 43.5 Å². The van der Waals surface area contributed by atoms with Gasteiger partial charge in [-0.05, 0) is 39.3 Å². The van der Waals surface area contributed by atoms with E-state index in [4.69, 9.17) is 4.74 Å². The maximum Gasteiger partial charge on any atom is 0.325 e. The summed E-state index contributed by atoms with van der Waals surface area (Å²) in [5, 5.41) is 2.73. The van der Waals surface area contributed by atoms with Gasteiger partial charge in [-0.2, -0.15) is 0 Å². The van der Waals surface area contributed by atoms with Crippen LogP contribution in [0.5, 0.6) is 0 Å². The quantitative estimate of drug-likeness (QED) is 0.575. The number of hydrogen-bond donors (Lipinski definition) is 1. The number of rotatable bonds is 7. The van der Waals surface area contributed by atoms with Crippen LogP contribution in [-0.2, 0) is 15.1 Å². The Bertz CT molecular complexity index is 950. The maximum atomic E-state index is 13.0. The molecule has 1 saturated heterocycles. The molecule has 0 unspecified atom stereocenters. The van der Waals surface area contributed by atoms with Gasteiger partial charge < -0.3 is 14.6 Å². The van der Waals surface area contributed by atoms with Gasteiger partial charge in [0.2, 0.25) is 0 Å². The van der Waals surface area contributed by atoms with Crippen LogP contribution in [0.4, 0.5) is 4.79 Å². The topological polar surface area (TPSA) is 80.6 Å². The van der Waals surface area contributed by atoms with Crippen molar-refractivity contribution in [3.8, 4) is 0 Å². The van der Waals surface area contributed by atoms with Crippen molar-refractivity contribution in [1.29, 1.82) is 0 Å². The molecular formula is C22H27N3O4. The molecule has 7 nitrogen and oxygen atoms in total. The van der Waals surface area contributed by atoms with Gasteiger partial charge in [-0.3, -0.25) is 14.5 Å². The van der Waals surface area contributed by atoms with E-state index >= 15 is 0 Å². The number of benzene rings is 1. The molecule has 0 bridgehead atoms. The molecule has 0 spiro atoms. The summed E-state index contributed by atoms with van der Waals surface area (Å²) in [5.74, 6) is -0.696. The first kappa shape index (κ1) is 20.8. The summed E-state index contributed by atoms with van der Waals surface area (Å²) >= 11 is 0. The van der Waals surface area contributed by atoms with Crippen LogP contribution in [0, 0.1) is 13.8 Å². The maximum absolute atomic E-state index is 13.0. The molecule has 0 saturated carbocycles. The molecule has 3 rings (SSSR count). The second-order valence-electron chi connectivity index (χ2n) is 7.69. The van der Waals surface area contributed by atoms with Gasteiger partial charge in [-0.1, -0.05) is 30.3 Å². The molecule has 2 heterocycles. The summed E-state index contributed by atoms with van der Waals surface area (Å²) in [4.78, 5) is 39.5. The van der Waals surface area contributed by atoms with E-state index < -0.39 is 17.5 Å². The Balaban J connectivity index is 1.84. The molecule has 1 aromatic carbocycles. The standard InChI is InChI=1S/C22H27N3O4/c1-14-11-18(16(3)25(14)15(2)13-29-5)19(26)12-24-20(27)22(4,23-21(24)28)17-9-7-6-8-10-17/h6-11,15H,12-13H2,1-5H3,(H,23,28)/t15-,22+/m1/s1. The van der Waals surface area contributed by atoms with Crippen LogP contribution in [-0.4, -0.2) is 47.4 Å². The van der Waals surface area contributed by atoms with Crippen LogP contribution >= 0.6 is 0 Å². The number of imide groups is 1. The highest BCUT2D eigenvalue weighted by Gasteiger charge is 2.49. The van der Waals surface area contributed by atoms with Crippen LogP contribution < -0.4 is 5.32 Å². The number of nitrogens with one attached hydrogen (secondary N) is 1. The minimum Gasteiger partial charge on any atom is -0.383 e. The summed E-state index contributed by atoms with van der Waals surface area (Å²) in [5.41, 5.74) is 1.75. The van der Waals surface area contributed by atoms with Crippen LogP contribution in [0.2, 0.25) is 0 Å². The van der Waals surface area contributed by atoms with Gasteiger partial charge in [0, 0.05) is 24.1 Å². The predicted molar refractivity (Wildman–Crippen MR) is 109 cm³/mol. The summed E-state index contributed by atoms with van der Waals surface area (Å²) in [6.45, 7) is 7.69. The van der Waals surface area contributed by atoms with Crippen molar-refractivity contribution in [2.45, 2.75) is 39.3 Å². The number of Topliss-reactive ketones (excluding diaryl/α,β-unsaturated/α-hetero) is 1. The fraction of sp³-hybridized carbons (Fsp3) is 0.409. The van der Waals surface area contributed by atoms with Crippen molar-refractivity contribution < 1.29 is 19.1 Å². The lowest BCUT2D eigenvalue weighted by molar-refractivity contribution is -0.130. The molecule has 1 fully saturated rings. The second-order valence-corrected chi connectivity index (χ2v) is 7.69. The molecule has 7 heteroatoms. The number of aryl methyl sites for hydroxylation is 1. The molecular weight excluding hydrogens is 370 g/mol. The minimum atomic E-state index is -1.18. The number of ether oxygens (including phenoxy) is 1. The average Bonchev–Trinajstić information content (AvgIpc) is 3.10. The van der Waals surface area contributed by atoms with Gasteiger partial charge in [0.05, 0.1) is 19.2 Å². The Morgan fingerprint density at radius 1 is 1.21 bits per heavy atom. The third-order valence-electron chi connectivity index (χ3n) is 5.56. The Labute approximate surface area is 170 Å². The number of amides is 3. The molecule has 0 aliphatic carbocycles. The van der Waals surface area contributed by atoms with E-state index in [0.717, 1.165) is 16.3 Å². The Morgan fingerprint density at radius 2 is 1.86 bits per heavy atom. The van der Waals surface area contributed by atoms with Crippen LogP contribution in [0.1, 0.15) is 47.2 Å². The number of carbonyl (C=O) groups excluding carboxylic acids is 3. The number of aromatic nitrogens is 1. The van der Waals surface area contributed by atoms with Gasteiger partial charge >= 0.3 is 6.03 Å². The van der Waals surface area contributed by atoms with Crippen molar-refractivity contribution in [2.75, 3.05) is 20.3 Å². The molecule has 29 heavy (non-hydrogen) atoms. The van der Waals surface area contributed by atoms with Crippen LogP contribution in [0.25, 0.3) is 0 Å². The highest BCUT2D eigenvalue weighted by Crippen LogP contribution is 2.29. The van der Waals surface area contributed by atoms with Crippen molar-refractivity contribution >= 4 is 17.7 Å². The Kier molecular flexibility index (Phi) is 5.61. The minimum absolute atomic E-state index is 0.0691. The van der Waals surface area contributed by atoms with Crippen LogP contribution in [0.3, 0.4) is 0 Å². The average molecular weight is 397 g/mol. The van der Waals surface area contributed by atoms with E-state index in [1.165, 1.54) is 0 Å². The van der Waals surface area contributed by atoms with Gasteiger partial charge in [0.1, 0.15) is 5.54 Å². The first-order valence-electron chi connectivity index (χ1n) is 9.61. The largest absolute Gasteiger partial charge is 0.383 e. The number of urea groups is 1. The van der Waals surface area contributed by atoms with Crippen LogP contribution in [0.15, 0.2) is 36.4 Å². The fourth-order valence-electron chi connectivity index (χ4n) is 4.09. The molecule has 0 radical (unpaired) electrons. The lowest BCUT2D eigenvalue weighted by Crippen LogP contribution is -2.41. The second kappa shape index (κ2) is 7.83. The number of carbonyl (C=O) groups is 3. The molecule has 1 aliphatic rings. The molecule has 2 atom stereocenters. The van der Waals surface area contributed by atoms with Gasteiger partial charge in [-0.15, -0.1) is 0 Å². The molecule has 1 N–H and O–H groups in total. The normalized spacial score (nSPS) is 20.1. The SMILES string of the molecule is COC[C@@H](C)n1c(C)cc(C(=O)CN2C(=O)N[C@@](C)(c3ccccc3)C2=O)c1C. The lowest BCUT2D eigenvalue weighted by Gasteiger charge is -2.22. The third kappa shape index (κ3) is 3.58. The fourth-order valence-corrected chi connectivity index (χ4v) is 4.09. The molecule has 2 aromatic rings. The zero-order valence-electron chi connectivity index (χ0n) is 17.5. The zero-order chi connectivity index (χ0) is 21.3. The third-order valence-corrected chi connectivity index (χ3v) is 5.56. The number of nitrogens with zero attached hydrogens (tertiary/aromatic N) is 2. The van der Waals surface area contributed by atoms with Crippen molar-refractivity contribution in [3.05, 3.63) is 58.9 Å². The number of methoxy groups -OCH3 is 1. The van der Waals surface area contributed by atoms with Gasteiger partial charge in [0.25, 0.3) is 5.91 Å². The molecule has 1 aliphatic heterocycles. The Morgan fingerprint density at radius 3 is 2.48 bits per heavy atom. The summed E-state index contributed by atoms with van der Waals surface area (Å²) in [6.07, 6.45) is 0. The summed E-state index contributed by atoms with van der Waals surface area (Å²) < 4.78 is 7.27. The number of hydrogen-bond acceptors (Lipinski definition) is 4. The van der Waals surface area contributed by atoms with Gasteiger partial charge in [-0.25, -0.2) is 4.79 Å². The van der Waals surface area contributed by atoms with E-state index in [9.17, 15) is 14.4 Å². The smallest absolute Gasteiger partial charge is 0.325 e. The van der Waals surface area contributed by atoms with E-state index in [1.54, 1.807) is 32.2 Å². The molecule has 3 amide bonds. The van der Waals surface area contributed by atoms with Gasteiger partial charge in [0.15, 0.2) is 5.78 Å². The van der Waals surface area contributed by atoms with E-state index in [-0.39, 0.29) is 18.4 Å². The molecule has 1 aromatic heterocycles. The summed E-state index contributed by atoms with van der Waals surface area (Å²) in [6, 6.07) is 10.3. The summed E-state index contributed by atoms with van der Waals surface area (Å²) in [7, 11) is 1.64. The van der Waals surface area contributed by atoms with Crippen molar-refractivity contribution in [2.24, 2.45) is 0 Å². The predicted octanol–water partition coefficient (Wildman–Crippen LogP) is 2.96. The molecule has 154 valence electrons. The highest BCUT2D eigenvalue weighted by molar-refractivity contribution is 6.11. The number of ketones is 1. The monoisotopic (exact) mass is 397 g/mol. The first-order chi connectivity index (χ1) is 13.7. The van der Waals surface area contributed by atoms with Crippen molar-refractivity contribution in [3.63, 3.8) is 0 Å².